The van der Waals surface area contributed by atoms with Crippen LogP contribution in [0, 0.1) is 0 Å². The summed E-state index contributed by atoms with van der Waals surface area (Å²) in [7, 11) is 2.12. The van der Waals surface area contributed by atoms with Gasteiger partial charge < -0.3 is 10.6 Å². The molecule has 0 aliphatic carbocycles. The van der Waals surface area contributed by atoms with Gasteiger partial charge in [-0.3, -0.25) is 0 Å². The first-order chi connectivity index (χ1) is 11.3. The summed E-state index contributed by atoms with van der Waals surface area (Å²) in [5.41, 5.74) is 14.1. The van der Waals surface area contributed by atoms with Crippen molar-refractivity contribution >= 4 is 28.7 Å². The third kappa shape index (κ3) is 2.20. The third-order valence-electron chi connectivity index (χ3n) is 4.41. The highest BCUT2D eigenvalue weighted by Crippen LogP contribution is 2.44. The summed E-state index contributed by atoms with van der Waals surface area (Å²) < 4.78 is 0. The van der Waals surface area contributed by atoms with E-state index in [1.54, 1.807) is 0 Å². The summed E-state index contributed by atoms with van der Waals surface area (Å²) in [5.74, 6) is 0. The molecular formula is C21H18N2. The van der Waals surface area contributed by atoms with Crippen LogP contribution in [0.4, 0.5) is 17.1 Å². The van der Waals surface area contributed by atoms with Crippen molar-refractivity contribution in [1.29, 1.82) is 0 Å². The van der Waals surface area contributed by atoms with Crippen molar-refractivity contribution < 1.29 is 0 Å². The lowest BCUT2D eigenvalue weighted by molar-refractivity contribution is 1.17. The summed E-state index contributed by atoms with van der Waals surface area (Å²) in [6.07, 6.45) is 2.19. The Morgan fingerprint density at radius 1 is 0.739 bits per heavy atom. The molecule has 0 radical (unpaired) electrons. The quantitative estimate of drug-likeness (QED) is 0.645. The standard InChI is InChI=1S/C21H18N2/c1-23-20-12-6-3-9-16(20)18(17-10-4-7-13-21(17)23)14-15-8-2-5-11-19(15)22/h2-14H,22H2,1H3. The average molecular weight is 298 g/mol. The van der Waals surface area contributed by atoms with E-state index in [0.717, 1.165) is 11.3 Å². The minimum atomic E-state index is 0.800. The number of benzene rings is 3. The molecule has 0 aromatic heterocycles. The van der Waals surface area contributed by atoms with Gasteiger partial charge in [-0.2, -0.15) is 0 Å². The summed E-state index contributed by atoms with van der Waals surface area (Å²) in [5, 5.41) is 0. The van der Waals surface area contributed by atoms with Crippen LogP contribution in [0.1, 0.15) is 16.7 Å². The Morgan fingerprint density at radius 3 is 1.87 bits per heavy atom. The van der Waals surface area contributed by atoms with E-state index in [-0.39, 0.29) is 0 Å². The molecule has 0 saturated heterocycles. The molecule has 23 heavy (non-hydrogen) atoms. The minimum Gasteiger partial charge on any atom is -0.398 e. The Morgan fingerprint density at radius 2 is 1.26 bits per heavy atom. The number of hydrogen-bond donors (Lipinski definition) is 1. The third-order valence-corrected chi connectivity index (χ3v) is 4.41. The highest BCUT2D eigenvalue weighted by molar-refractivity contribution is 6.04. The number of anilines is 3. The van der Waals surface area contributed by atoms with Crippen molar-refractivity contribution in [3.05, 3.63) is 89.5 Å². The van der Waals surface area contributed by atoms with Gasteiger partial charge in [-0.25, -0.2) is 0 Å². The fourth-order valence-electron chi connectivity index (χ4n) is 3.22. The Kier molecular flexibility index (Phi) is 3.16. The first kappa shape index (κ1) is 13.6. The lowest BCUT2D eigenvalue weighted by Crippen LogP contribution is -2.17. The molecule has 4 rings (SSSR count). The van der Waals surface area contributed by atoms with Gasteiger partial charge >= 0.3 is 0 Å². The molecule has 2 N–H and O–H groups in total. The van der Waals surface area contributed by atoms with E-state index < -0.39 is 0 Å². The predicted molar refractivity (Wildman–Crippen MR) is 98.8 cm³/mol. The van der Waals surface area contributed by atoms with Gasteiger partial charge in [0.15, 0.2) is 0 Å². The number of hydrogen-bond acceptors (Lipinski definition) is 2. The molecule has 0 amide bonds. The monoisotopic (exact) mass is 298 g/mol. The van der Waals surface area contributed by atoms with Crippen LogP contribution in [0.3, 0.4) is 0 Å². The van der Waals surface area contributed by atoms with E-state index in [2.05, 4.69) is 72.6 Å². The lowest BCUT2D eigenvalue weighted by Gasteiger charge is -2.31. The highest BCUT2D eigenvalue weighted by Gasteiger charge is 2.23. The zero-order chi connectivity index (χ0) is 15.8. The molecule has 2 nitrogen and oxygen atoms in total. The van der Waals surface area contributed by atoms with Gasteiger partial charge in [-0.05, 0) is 35.4 Å². The predicted octanol–water partition coefficient (Wildman–Crippen LogP) is 4.94. The number of nitrogen functional groups attached to an aromatic ring is 1. The van der Waals surface area contributed by atoms with Crippen molar-refractivity contribution in [3.8, 4) is 0 Å². The molecule has 3 aromatic carbocycles. The van der Waals surface area contributed by atoms with E-state index in [1.165, 1.54) is 28.1 Å². The maximum absolute atomic E-state index is 6.15. The van der Waals surface area contributed by atoms with Crippen LogP contribution in [0.15, 0.2) is 72.8 Å². The second-order valence-corrected chi connectivity index (χ2v) is 5.78. The summed E-state index contributed by atoms with van der Waals surface area (Å²) in [4.78, 5) is 2.25. The molecule has 1 heterocycles. The smallest absolute Gasteiger partial charge is 0.0488 e. The van der Waals surface area contributed by atoms with Crippen LogP contribution in [0.5, 0.6) is 0 Å². The Bertz CT molecular complexity index is 859. The second-order valence-electron chi connectivity index (χ2n) is 5.78. The molecule has 2 heteroatoms. The lowest BCUT2D eigenvalue weighted by atomic mass is 9.89. The molecule has 112 valence electrons. The number of nitrogens with two attached hydrogens (primary N) is 1. The first-order valence-corrected chi connectivity index (χ1v) is 7.74. The van der Waals surface area contributed by atoms with E-state index in [4.69, 9.17) is 5.73 Å². The molecule has 0 atom stereocenters. The summed E-state index contributed by atoms with van der Waals surface area (Å²) >= 11 is 0. The number of nitrogens with zero attached hydrogens (tertiary/aromatic N) is 1. The normalized spacial score (nSPS) is 12.6. The van der Waals surface area contributed by atoms with Crippen LogP contribution in [-0.4, -0.2) is 7.05 Å². The summed E-state index contributed by atoms with van der Waals surface area (Å²) in [6, 6.07) is 25.0. The van der Waals surface area contributed by atoms with Crippen LogP contribution in [0.2, 0.25) is 0 Å². The number of fused-ring (bicyclic) bond motifs is 2. The van der Waals surface area contributed by atoms with Crippen LogP contribution < -0.4 is 10.6 Å². The van der Waals surface area contributed by atoms with Gasteiger partial charge in [-0.15, -0.1) is 0 Å². The van der Waals surface area contributed by atoms with Gasteiger partial charge in [-0.1, -0.05) is 54.6 Å². The molecule has 0 saturated carbocycles. The van der Waals surface area contributed by atoms with Crippen LogP contribution >= 0.6 is 0 Å². The van der Waals surface area contributed by atoms with Crippen molar-refractivity contribution in [3.63, 3.8) is 0 Å². The molecule has 0 fully saturated rings. The molecular weight excluding hydrogens is 280 g/mol. The molecule has 1 aliphatic heterocycles. The SMILES string of the molecule is CN1c2ccccc2C(=Cc2ccccc2N)c2ccccc21. The van der Waals surface area contributed by atoms with Crippen molar-refractivity contribution in [1.82, 2.24) is 0 Å². The number of rotatable bonds is 1. The molecule has 0 bridgehead atoms. The van der Waals surface area contributed by atoms with Gasteiger partial charge in [0.1, 0.15) is 0 Å². The second kappa shape index (κ2) is 5.33. The Labute approximate surface area is 136 Å². The maximum atomic E-state index is 6.15. The zero-order valence-electron chi connectivity index (χ0n) is 13.0. The number of para-hydroxylation sites is 3. The van der Waals surface area contributed by atoms with Crippen LogP contribution in [-0.2, 0) is 0 Å². The molecule has 3 aromatic rings. The fourth-order valence-corrected chi connectivity index (χ4v) is 3.22. The van der Waals surface area contributed by atoms with Crippen LogP contribution in [0.25, 0.3) is 11.6 Å². The maximum Gasteiger partial charge on any atom is 0.0488 e. The fraction of sp³-hybridized carbons (Fsp3) is 0.0476. The van der Waals surface area contributed by atoms with E-state index in [9.17, 15) is 0 Å². The zero-order valence-corrected chi connectivity index (χ0v) is 13.0. The molecule has 0 unspecified atom stereocenters. The van der Waals surface area contributed by atoms with E-state index in [1.807, 2.05) is 18.2 Å². The minimum absolute atomic E-state index is 0.800. The van der Waals surface area contributed by atoms with Crippen molar-refractivity contribution in [2.75, 3.05) is 17.7 Å². The van der Waals surface area contributed by atoms with Gasteiger partial charge in [0, 0.05) is 35.2 Å². The Hall–Kier alpha value is -3.00. The summed E-state index contributed by atoms with van der Waals surface area (Å²) in [6.45, 7) is 0. The largest absolute Gasteiger partial charge is 0.398 e. The molecule has 0 spiro atoms. The molecule has 1 aliphatic rings. The Balaban J connectivity index is 2.00. The average Bonchev–Trinajstić information content (AvgIpc) is 2.60. The van der Waals surface area contributed by atoms with Crippen molar-refractivity contribution in [2.24, 2.45) is 0 Å². The van der Waals surface area contributed by atoms with Crippen molar-refractivity contribution in [2.45, 2.75) is 0 Å². The van der Waals surface area contributed by atoms with E-state index >= 15 is 0 Å². The van der Waals surface area contributed by atoms with Gasteiger partial charge in [0.25, 0.3) is 0 Å². The van der Waals surface area contributed by atoms with E-state index in [0.29, 0.717) is 0 Å². The van der Waals surface area contributed by atoms with Gasteiger partial charge in [0.05, 0.1) is 0 Å². The topological polar surface area (TPSA) is 29.3 Å². The highest BCUT2D eigenvalue weighted by atomic mass is 15.1. The van der Waals surface area contributed by atoms with Gasteiger partial charge in [0.2, 0.25) is 0 Å². The first-order valence-electron chi connectivity index (χ1n) is 7.74.